The van der Waals surface area contributed by atoms with Crippen LogP contribution in [0.5, 0.6) is 0 Å². The first-order valence-electron chi connectivity index (χ1n) is 6.25. The summed E-state index contributed by atoms with van der Waals surface area (Å²) in [6.45, 7) is 4.07. The van der Waals surface area contributed by atoms with Gasteiger partial charge in [-0.05, 0) is 31.0 Å². The Kier molecular flexibility index (Phi) is 5.67. The highest BCUT2D eigenvalue weighted by Gasteiger charge is 2.17. The minimum absolute atomic E-state index is 0.0701. The molecule has 0 saturated heterocycles. The zero-order chi connectivity index (χ0) is 15.3. The third kappa shape index (κ3) is 4.29. The first-order valence-corrected chi connectivity index (χ1v) is 7.79. The van der Waals surface area contributed by atoms with Crippen LogP contribution in [0.2, 0.25) is 0 Å². The number of hydrogen-bond acceptors (Lipinski definition) is 4. The Balaban J connectivity index is 3.11. The second-order valence-corrected chi connectivity index (χ2v) is 6.11. The number of rotatable bonds is 6. The van der Waals surface area contributed by atoms with Crippen LogP contribution in [0.25, 0.3) is 0 Å². The second kappa shape index (κ2) is 6.83. The van der Waals surface area contributed by atoms with Gasteiger partial charge in [0.15, 0.2) is 0 Å². The van der Waals surface area contributed by atoms with Gasteiger partial charge in [-0.1, -0.05) is 13.0 Å². The summed E-state index contributed by atoms with van der Waals surface area (Å²) < 4.78 is 27.7. The summed E-state index contributed by atoms with van der Waals surface area (Å²) in [4.78, 5) is 12.1. The van der Waals surface area contributed by atoms with Gasteiger partial charge in [-0.25, -0.2) is 13.6 Å². The van der Waals surface area contributed by atoms with Crippen LogP contribution >= 0.6 is 0 Å². The standard InChI is InChI=1S/C13H20N2O4S/c1-4-10-5-6-11(20(14,17)18)7-12(10)13(16)15-9(2)8-19-3/h5-7,9H,4,8H2,1-3H3,(H,15,16)(H2,14,17,18). The topological polar surface area (TPSA) is 98.5 Å². The first-order chi connectivity index (χ1) is 9.29. The highest BCUT2D eigenvalue weighted by molar-refractivity contribution is 7.89. The number of benzene rings is 1. The van der Waals surface area contributed by atoms with E-state index in [1.165, 1.54) is 12.1 Å². The van der Waals surface area contributed by atoms with Gasteiger partial charge < -0.3 is 10.1 Å². The maximum absolute atomic E-state index is 12.2. The van der Waals surface area contributed by atoms with Crippen molar-refractivity contribution < 1.29 is 17.9 Å². The molecule has 7 heteroatoms. The van der Waals surface area contributed by atoms with Crippen LogP contribution in [0.15, 0.2) is 23.1 Å². The first kappa shape index (κ1) is 16.6. The van der Waals surface area contributed by atoms with Crippen molar-refractivity contribution in [2.75, 3.05) is 13.7 Å². The molecule has 20 heavy (non-hydrogen) atoms. The largest absolute Gasteiger partial charge is 0.383 e. The zero-order valence-electron chi connectivity index (χ0n) is 11.8. The number of aryl methyl sites for hydroxylation is 1. The minimum Gasteiger partial charge on any atom is -0.383 e. The van der Waals surface area contributed by atoms with Gasteiger partial charge in [0.25, 0.3) is 5.91 Å². The lowest BCUT2D eigenvalue weighted by Crippen LogP contribution is -2.36. The molecule has 6 nitrogen and oxygen atoms in total. The number of sulfonamides is 1. The third-order valence-electron chi connectivity index (χ3n) is 2.83. The maximum atomic E-state index is 12.2. The van der Waals surface area contributed by atoms with Gasteiger partial charge in [-0.2, -0.15) is 0 Å². The number of carbonyl (C=O) groups excluding carboxylic acids is 1. The quantitative estimate of drug-likeness (QED) is 0.806. The predicted octanol–water partition coefficient (Wildman–Crippen LogP) is 0.661. The van der Waals surface area contributed by atoms with E-state index in [2.05, 4.69) is 5.32 Å². The van der Waals surface area contributed by atoms with Crippen molar-refractivity contribution >= 4 is 15.9 Å². The highest BCUT2D eigenvalue weighted by Crippen LogP contribution is 2.16. The molecule has 0 aliphatic rings. The molecule has 1 rings (SSSR count). The highest BCUT2D eigenvalue weighted by atomic mass is 32.2. The summed E-state index contributed by atoms with van der Waals surface area (Å²) in [5.74, 6) is -0.336. The van der Waals surface area contributed by atoms with Crippen molar-refractivity contribution in [3.63, 3.8) is 0 Å². The van der Waals surface area contributed by atoms with Gasteiger partial charge in [-0.15, -0.1) is 0 Å². The van der Waals surface area contributed by atoms with Gasteiger partial charge in [0, 0.05) is 18.7 Å². The monoisotopic (exact) mass is 300 g/mol. The van der Waals surface area contributed by atoms with Crippen LogP contribution in [0.4, 0.5) is 0 Å². The Morgan fingerprint density at radius 3 is 2.60 bits per heavy atom. The molecular weight excluding hydrogens is 280 g/mol. The summed E-state index contributed by atoms with van der Waals surface area (Å²) in [5, 5.41) is 7.84. The average molecular weight is 300 g/mol. The number of hydrogen-bond donors (Lipinski definition) is 2. The Bertz CT molecular complexity index is 584. The van der Waals surface area contributed by atoms with E-state index in [0.717, 1.165) is 5.56 Å². The Hall–Kier alpha value is -1.44. The molecule has 0 radical (unpaired) electrons. The number of primary sulfonamides is 1. The molecule has 1 unspecified atom stereocenters. The molecule has 0 aromatic heterocycles. The molecule has 0 heterocycles. The number of nitrogens with two attached hydrogens (primary N) is 1. The van der Waals surface area contributed by atoms with Gasteiger partial charge in [0.1, 0.15) is 0 Å². The van der Waals surface area contributed by atoms with Crippen molar-refractivity contribution in [3.05, 3.63) is 29.3 Å². The zero-order valence-corrected chi connectivity index (χ0v) is 12.7. The fourth-order valence-corrected chi connectivity index (χ4v) is 2.39. The maximum Gasteiger partial charge on any atom is 0.251 e. The van der Waals surface area contributed by atoms with Gasteiger partial charge >= 0.3 is 0 Å². The van der Waals surface area contributed by atoms with Crippen molar-refractivity contribution in [3.8, 4) is 0 Å². The molecule has 0 bridgehead atoms. The fourth-order valence-electron chi connectivity index (χ4n) is 1.85. The summed E-state index contributed by atoms with van der Waals surface area (Å²) >= 11 is 0. The van der Waals surface area contributed by atoms with Crippen molar-refractivity contribution in [2.45, 2.75) is 31.2 Å². The lowest BCUT2D eigenvalue weighted by atomic mass is 10.0. The number of nitrogens with one attached hydrogen (secondary N) is 1. The normalized spacial score (nSPS) is 13.0. The van der Waals surface area contributed by atoms with E-state index in [1.54, 1.807) is 20.1 Å². The van der Waals surface area contributed by atoms with Crippen LogP contribution in [-0.2, 0) is 21.2 Å². The molecule has 1 aromatic carbocycles. The number of ether oxygens (including phenoxy) is 1. The number of carbonyl (C=O) groups is 1. The van der Waals surface area contributed by atoms with E-state index in [-0.39, 0.29) is 16.8 Å². The number of methoxy groups -OCH3 is 1. The van der Waals surface area contributed by atoms with Crippen LogP contribution in [0.1, 0.15) is 29.8 Å². The molecule has 0 aliphatic heterocycles. The molecule has 0 fully saturated rings. The molecule has 1 aromatic rings. The van der Waals surface area contributed by atoms with Crippen molar-refractivity contribution in [1.82, 2.24) is 5.32 Å². The molecule has 0 aliphatic carbocycles. The van der Waals surface area contributed by atoms with Crippen LogP contribution in [-0.4, -0.2) is 34.1 Å². The average Bonchev–Trinajstić information content (AvgIpc) is 2.37. The Morgan fingerprint density at radius 2 is 2.10 bits per heavy atom. The summed E-state index contributed by atoms with van der Waals surface area (Å²) in [5.41, 5.74) is 1.08. The van der Waals surface area contributed by atoms with Crippen LogP contribution in [0, 0.1) is 0 Å². The van der Waals surface area contributed by atoms with Crippen LogP contribution < -0.4 is 10.5 Å². The van der Waals surface area contributed by atoms with Crippen molar-refractivity contribution in [2.24, 2.45) is 5.14 Å². The number of amides is 1. The smallest absolute Gasteiger partial charge is 0.251 e. The van der Waals surface area contributed by atoms with Gasteiger partial charge in [-0.3, -0.25) is 4.79 Å². The van der Waals surface area contributed by atoms with E-state index < -0.39 is 10.0 Å². The Morgan fingerprint density at radius 1 is 1.45 bits per heavy atom. The molecule has 112 valence electrons. The Labute approximate surface area is 119 Å². The van der Waals surface area contributed by atoms with Crippen molar-refractivity contribution in [1.29, 1.82) is 0 Å². The molecule has 0 spiro atoms. The molecule has 1 amide bonds. The van der Waals surface area contributed by atoms with E-state index in [9.17, 15) is 13.2 Å². The van der Waals surface area contributed by atoms with Crippen LogP contribution in [0.3, 0.4) is 0 Å². The minimum atomic E-state index is -3.83. The van der Waals surface area contributed by atoms with Gasteiger partial charge in [0.05, 0.1) is 11.5 Å². The predicted molar refractivity (Wildman–Crippen MR) is 76.0 cm³/mol. The summed E-state index contributed by atoms with van der Waals surface area (Å²) in [6, 6.07) is 4.15. The molecular formula is C13H20N2O4S. The molecule has 3 N–H and O–H groups in total. The molecule has 1 atom stereocenters. The third-order valence-corrected chi connectivity index (χ3v) is 3.74. The van der Waals surface area contributed by atoms with E-state index in [1.807, 2.05) is 6.92 Å². The van der Waals surface area contributed by atoms with Gasteiger partial charge in [0.2, 0.25) is 10.0 Å². The van der Waals surface area contributed by atoms with E-state index in [0.29, 0.717) is 18.6 Å². The van der Waals surface area contributed by atoms with E-state index in [4.69, 9.17) is 9.88 Å². The lowest BCUT2D eigenvalue weighted by molar-refractivity contribution is 0.0904. The SMILES string of the molecule is CCc1ccc(S(N)(=O)=O)cc1C(=O)NC(C)COC. The second-order valence-electron chi connectivity index (χ2n) is 4.55. The lowest BCUT2D eigenvalue weighted by Gasteiger charge is -2.15. The van der Waals surface area contributed by atoms with E-state index >= 15 is 0 Å². The molecule has 0 saturated carbocycles. The fraction of sp³-hybridized carbons (Fsp3) is 0.462. The summed E-state index contributed by atoms with van der Waals surface area (Å²) in [6.07, 6.45) is 0.617. The summed E-state index contributed by atoms with van der Waals surface area (Å²) in [7, 11) is -2.28.